The summed E-state index contributed by atoms with van der Waals surface area (Å²) >= 11 is 0. The average Bonchev–Trinajstić information content (AvgIpc) is 2.20. The summed E-state index contributed by atoms with van der Waals surface area (Å²) in [5.41, 5.74) is 0. The summed E-state index contributed by atoms with van der Waals surface area (Å²) in [7, 11) is 0. The van der Waals surface area contributed by atoms with Gasteiger partial charge in [-0.3, -0.25) is 0 Å². The molecule has 0 heterocycles. The van der Waals surface area contributed by atoms with Crippen LogP contribution in [0.2, 0.25) is 0 Å². The van der Waals surface area contributed by atoms with Crippen LogP contribution in [0, 0.1) is 11.9 Å². The second kappa shape index (κ2) is 7.45. The first-order chi connectivity index (χ1) is 7.91. The Bertz CT molecular complexity index is 371. The molecule has 0 bridgehead atoms. The van der Waals surface area contributed by atoms with Gasteiger partial charge in [0.2, 0.25) is 0 Å². The van der Waals surface area contributed by atoms with Crippen LogP contribution in [-0.2, 0) is 0 Å². The van der Waals surface area contributed by atoms with Crippen molar-refractivity contribution in [1.82, 2.24) is 4.90 Å². The van der Waals surface area contributed by atoms with Crippen molar-refractivity contribution in [2.45, 2.75) is 39.8 Å². The number of amides is 1. The van der Waals surface area contributed by atoms with E-state index in [4.69, 9.17) is 4.74 Å². The summed E-state index contributed by atoms with van der Waals surface area (Å²) in [4.78, 5) is 13.5. The number of carbonyl (C=O) groups excluding carboxylic acids is 1. The average molecular weight is 245 g/mol. The molecule has 1 rings (SSSR count). The van der Waals surface area contributed by atoms with Gasteiger partial charge in [0.15, 0.2) is 0 Å². The fourth-order valence-corrected chi connectivity index (χ4v) is 1.63. The number of rotatable bonds is 3. The molecular formula is C13H17FLiNO2. The van der Waals surface area contributed by atoms with E-state index >= 15 is 0 Å². The van der Waals surface area contributed by atoms with Crippen LogP contribution in [0.15, 0.2) is 18.2 Å². The first kappa shape index (κ1) is 17.0. The minimum absolute atomic E-state index is 0. The van der Waals surface area contributed by atoms with Crippen molar-refractivity contribution in [3.05, 3.63) is 30.1 Å². The summed E-state index contributed by atoms with van der Waals surface area (Å²) in [5, 5.41) is 0. The maximum Gasteiger partial charge on any atom is 1.00 e. The van der Waals surface area contributed by atoms with Gasteiger partial charge in [0.05, 0.1) is 0 Å². The molecule has 1 aromatic rings. The molecule has 0 saturated carbocycles. The third kappa shape index (κ3) is 4.71. The molecule has 94 valence electrons. The van der Waals surface area contributed by atoms with Crippen molar-refractivity contribution in [3.8, 4) is 5.75 Å². The molecule has 5 heteroatoms. The zero-order valence-corrected chi connectivity index (χ0v) is 11.5. The standard InChI is InChI=1S/C13H17FNO2.Li/c1-9(2)15(10(3)4)13(16)17-12-7-5-11(14)6-8-12;/h5,7-10H,1-4H3;/q-1;+1. The molecule has 3 nitrogen and oxygen atoms in total. The van der Waals surface area contributed by atoms with Crippen LogP contribution in [-0.4, -0.2) is 23.1 Å². The molecule has 0 saturated heterocycles. The topological polar surface area (TPSA) is 29.5 Å². The van der Waals surface area contributed by atoms with Crippen molar-refractivity contribution in [2.75, 3.05) is 0 Å². The quantitative estimate of drug-likeness (QED) is 0.564. The van der Waals surface area contributed by atoms with E-state index in [2.05, 4.69) is 6.07 Å². The van der Waals surface area contributed by atoms with Crippen LogP contribution in [0.1, 0.15) is 27.7 Å². The van der Waals surface area contributed by atoms with E-state index in [1.54, 1.807) is 4.90 Å². The van der Waals surface area contributed by atoms with Gasteiger partial charge in [-0.25, -0.2) is 9.18 Å². The molecular weight excluding hydrogens is 228 g/mol. The normalized spacial score (nSPS) is 10.2. The molecule has 0 radical (unpaired) electrons. The predicted molar refractivity (Wildman–Crippen MR) is 63.4 cm³/mol. The monoisotopic (exact) mass is 245 g/mol. The van der Waals surface area contributed by atoms with Crippen molar-refractivity contribution < 1.29 is 32.8 Å². The van der Waals surface area contributed by atoms with Gasteiger partial charge in [0.25, 0.3) is 0 Å². The second-order valence-electron chi connectivity index (χ2n) is 4.34. The zero-order valence-electron chi connectivity index (χ0n) is 11.5. The number of benzene rings is 1. The third-order valence-corrected chi connectivity index (χ3v) is 2.27. The molecule has 0 atom stereocenters. The zero-order chi connectivity index (χ0) is 13.0. The molecule has 0 aliphatic rings. The Hall–Kier alpha value is -0.983. The van der Waals surface area contributed by atoms with Crippen LogP contribution >= 0.6 is 0 Å². The van der Waals surface area contributed by atoms with Gasteiger partial charge in [-0.1, -0.05) is 0 Å². The van der Waals surface area contributed by atoms with Gasteiger partial charge in [-0.15, -0.1) is 24.3 Å². The molecule has 1 aromatic carbocycles. The van der Waals surface area contributed by atoms with E-state index in [1.165, 1.54) is 18.2 Å². The maximum atomic E-state index is 12.6. The van der Waals surface area contributed by atoms with Crippen molar-refractivity contribution in [3.63, 3.8) is 0 Å². The van der Waals surface area contributed by atoms with E-state index < -0.39 is 11.9 Å². The van der Waals surface area contributed by atoms with Gasteiger partial charge in [-0.05, 0) is 27.7 Å². The molecule has 0 N–H and O–H groups in total. The summed E-state index contributed by atoms with van der Waals surface area (Å²) < 4.78 is 17.8. The summed E-state index contributed by atoms with van der Waals surface area (Å²) in [6.07, 6.45) is -0.435. The summed E-state index contributed by atoms with van der Waals surface area (Å²) in [5.74, 6) is -0.183. The predicted octanol–water partition coefficient (Wildman–Crippen LogP) is 0.247. The number of carbonyl (C=O) groups is 1. The van der Waals surface area contributed by atoms with E-state index in [1.807, 2.05) is 27.7 Å². The Kier molecular flexibility index (Phi) is 7.04. The Balaban J connectivity index is 0.00000289. The minimum Gasteiger partial charge on any atom is -0.474 e. The van der Waals surface area contributed by atoms with Crippen LogP contribution in [0.3, 0.4) is 0 Å². The van der Waals surface area contributed by atoms with Crippen LogP contribution in [0.25, 0.3) is 0 Å². The van der Waals surface area contributed by atoms with Gasteiger partial charge in [0, 0.05) is 23.7 Å². The fraction of sp³-hybridized carbons (Fsp3) is 0.462. The maximum absolute atomic E-state index is 12.6. The number of halogens is 1. The number of ether oxygens (including phenoxy) is 1. The molecule has 0 aliphatic heterocycles. The molecule has 0 aliphatic carbocycles. The van der Waals surface area contributed by atoms with Crippen LogP contribution in [0.5, 0.6) is 5.75 Å². The largest absolute Gasteiger partial charge is 1.00 e. The SMILES string of the molecule is CC(C)N(C(=O)Oc1c[c-]c(F)cc1)C(C)C.[Li+]. The molecule has 0 aromatic heterocycles. The molecule has 0 unspecified atom stereocenters. The van der Waals surface area contributed by atoms with Crippen molar-refractivity contribution in [2.24, 2.45) is 0 Å². The molecule has 1 amide bonds. The smallest absolute Gasteiger partial charge is 0.474 e. The van der Waals surface area contributed by atoms with E-state index in [-0.39, 0.29) is 30.9 Å². The van der Waals surface area contributed by atoms with Gasteiger partial charge in [-0.2, -0.15) is 0 Å². The van der Waals surface area contributed by atoms with Crippen molar-refractivity contribution >= 4 is 6.09 Å². The number of hydrogen-bond donors (Lipinski definition) is 0. The van der Waals surface area contributed by atoms with Crippen molar-refractivity contribution in [1.29, 1.82) is 0 Å². The minimum atomic E-state index is -0.477. The van der Waals surface area contributed by atoms with E-state index in [0.29, 0.717) is 5.75 Å². The first-order valence-corrected chi connectivity index (χ1v) is 5.59. The van der Waals surface area contributed by atoms with Crippen LogP contribution in [0.4, 0.5) is 9.18 Å². The number of hydrogen-bond acceptors (Lipinski definition) is 2. The van der Waals surface area contributed by atoms with Crippen LogP contribution < -0.4 is 23.6 Å². The molecule has 0 fully saturated rings. The number of nitrogens with zero attached hydrogens (tertiary/aromatic N) is 1. The third-order valence-electron chi connectivity index (χ3n) is 2.27. The Morgan fingerprint density at radius 1 is 1.28 bits per heavy atom. The molecule has 18 heavy (non-hydrogen) atoms. The Morgan fingerprint density at radius 3 is 2.22 bits per heavy atom. The van der Waals surface area contributed by atoms with Gasteiger partial charge >= 0.3 is 25.0 Å². The Labute approximate surface area is 119 Å². The molecule has 0 spiro atoms. The van der Waals surface area contributed by atoms with Gasteiger partial charge in [0.1, 0.15) is 0 Å². The second-order valence-corrected chi connectivity index (χ2v) is 4.34. The Morgan fingerprint density at radius 2 is 1.83 bits per heavy atom. The summed E-state index contributed by atoms with van der Waals surface area (Å²) in [6, 6.07) is 6.36. The summed E-state index contributed by atoms with van der Waals surface area (Å²) in [6.45, 7) is 7.66. The van der Waals surface area contributed by atoms with E-state index in [0.717, 1.165) is 0 Å². The first-order valence-electron chi connectivity index (χ1n) is 5.59. The van der Waals surface area contributed by atoms with Gasteiger partial charge < -0.3 is 9.64 Å². The van der Waals surface area contributed by atoms with E-state index in [9.17, 15) is 9.18 Å². The fourth-order valence-electron chi connectivity index (χ4n) is 1.63.